The third-order valence-corrected chi connectivity index (χ3v) is 9.63. The fraction of sp³-hybridized carbons (Fsp3) is 0. The molecule has 0 fully saturated rings. The lowest BCUT2D eigenvalue weighted by molar-refractivity contribution is 1.72. The van der Waals surface area contributed by atoms with Gasteiger partial charge < -0.3 is 0 Å². The molecule has 10 aromatic rings. The van der Waals surface area contributed by atoms with E-state index in [0.29, 0.717) is 0 Å². The van der Waals surface area contributed by atoms with Crippen LogP contribution >= 0.6 is 0 Å². The lowest BCUT2D eigenvalue weighted by atomic mass is 9.89. The molecule has 0 unspecified atom stereocenters. The van der Waals surface area contributed by atoms with Crippen LogP contribution in [-0.2, 0) is 0 Å². The van der Waals surface area contributed by atoms with E-state index in [9.17, 15) is 0 Å². The molecular weight excluding hydrogens is 528 g/mol. The Kier molecular flexibility index (Phi) is 4.81. The smallest absolute Gasteiger partial charge is 0.00264 e. The van der Waals surface area contributed by atoms with Crippen LogP contribution in [0.2, 0.25) is 0 Å². The highest BCUT2D eigenvalue weighted by molar-refractivity contribution is 6.18. The zero-order chi connectivity index (χ0) is 28.8. The van der Waals surface area contributed by atoms with Crippen LogP contribution in [0.15, 0.2) is 158 Å². The van der Waals surface area contributed by atoms with Crippen molar-refractivity contribution in [1.82, 2.24) is 0 Å². The van der Waals surface area contributed by atoms with Crippen molar-refractivity contribution >= 4 is 86.2 Å². The van der Waals surface area contributed by atoms with Crippen molar-refractivity contribution in [3.05, 3.63) is 158 Å². The van der Waals surface area contributed by atoms with Gasteiger partial charge in [-0.3, -0.25) is 0 Å². The minimum absolute atomic E-state index is 1.26. The van der Waals surface area contributed by atoms with Crippen molar-refractivity contribution in [2.75, 3.05) is 0 Å². The van der Waals surface area contributed by atoms with E-state index in [0.717, 1.165) is 0 Å². The average molecular weight is 555 g/mol. The Bertz CT molecular complexity index is 2810. The molecule has 0 radical (unpaired) electrons. The molecule has 0 saturated heterocycles. The zero-order valence-electron chi connectivity index (χ0n) is 24.0. The number of benzene rings is 10. The Balaban J connectivity index is 1.24. The Labute approximate surface area is 254 Å². The second-order valence-electron chi connectivity index (χ2n) is 12.2. The van der Waals surface area contributed by atoms with E-state index >= 15 is 0 Å². The normalized spacial score (nSPS) is 12.1. The summed E-state index contributed by atoms with van der Waals surface area (Å²) < 4.78 is 0. The van der Waals surface area contributed by atoms with Crippen LogP contribution in [0, 0.1) is 0 Å². The van der Waals surface area contributed by atoms with Crippen LogP contribution in [0.1, 0.15) is 0 Å². The van der Waals surface area contributed by atoms with Gasteiger partial charge >= 0.3 is 0 Å². The molecule has 202 valence electrons. The molecule has 0 aliphatic heterocycles. The monoisotopic (exact) mass is 554 g/mol. The zero-order valence-corrected chi connectivity index (χ0v) is 24.0. The van der Waals surface area contributed by atoms with Crippen molar-refractivity contribution in [2.45, 2.75) is 0 Å². The third kappa shape index (κ3) is 3.52. The van der Waals surface area contributed by atoms with Crippen LogP contribution in [0.4, 0.5) is 0 Å². The molecule has 10 aromatic carbocycles. The summed E-state index contributed by atoms with van der Waals surface area (Å²) >= 11 is 0. The predicted octanol–water partition coefficient (Wildman–Crippen LogP) is 12.6. The summed E-state index contributed by atoms with van der Waals surface area (Å²) in [6.45, 7) is 0. The molecular formula is C44H26. The summed E-state index contributed by atoms with van der Waals surface area (Å²) in [7, 11) is 0. The second-order valence-corrected chi connectivity index (χ2v) is 12.2. The number of hydrogen-bond acceptors (Lipinski definition) is 0. The van der Waals surface area contributed by atoms with Gasteiger partial charge in [0.2, 0.25) is 0 Å². The van der Waals surface area contributed by atoms with Crippen LogP contribution < -0.4 is 0 Å². The van der Waals surface area contributed by atoms with E-state index in [2.05, 4.69) is 158 Å². The maximum absolute atomic E-state index is 2.40. The minimum atomic E-state index is 1.26. The molecule has 0 heterocycles. The number of hydrogen-bond donors (Lipinski definition) is 0. The molecule has 44 heavy (non-hydrogen) atoms. The maximum Gasteiger partial charge on any atom is -0.00264 e. The van der Waals surface area contributed by atoms with Gasteiger partial charge in [-0.05, 0) is 158 Å². The summed E-state index contributed by atoms with van der Waals surface area (Å²) in [5, 5.41) is 20.5. The van der Waals surface area contributed by atoms with Gasteiger partial charge in [0, 0.05) is 0 Å². The highest BCUT2D eigenvalue weighted by Crippen LogP contribution is 2.40. The molecule has 0 heteroatoms. The van der Waals surface area contributed by atoms with Gasteiger partial charge in [-0.15, -0.1) is 0 Å². The lowest BCUT2D eigenvalue weighted by Gasteiger charge is -2.14. The SMILES string of the molecule is c1ccc2cc3c(-c4ccc5cc6cc7ccc8cc9ccccc9cc8c7cc6cc5c4)c4ccccc4cc3cc2c1. The Morgan fingerprint density at radius 1 is 0.205 bits per heavy atom. The first-order valence-corrected chi connectivity index (χ1v) is 15.3. The lowest BCUT2D eigenvalue weighted by Crippen LogP contribution is -1.87. The fourth-order valence-corrected chi connectivity index (χ4v) is 7.47. The summed E-state index contributed by atoms with van der Waals surface area (Å²) in [5.41, 5.74) is 2.56. The first-order valence-electron chi connectivity index (χ1n) is 15.3. The van der Waals surface area contributed by atoms with Crippen LogP contribution in [0.3, 0.4) is 0 Å². The molecule has 0 aromatic heterocycles. The first-order chi connectivity index (χ1) is 21.7. The van der Waals surface area contributed by atoms with Gasteiger partial charge in [0.05, 0.1) is 0 Å². The largest absolute Gasteiger partial charge is 0.0616 e. The topological polar surface area (TPSA) is 0 Å². The Hall–Kier alpha value is -5.72. The van der Waals surface area contributed by atoms with Gasteiger partial charge in [-0.25, -0.2) is 0 Å². The predicted molar refractivity (Wildman–Crippen MR) is 192 cm³/mol. The minimum Gasteiger partial charge on any atom is -0.0616 e. The van der Waals surface area contributed by atoms with Crippen molar-refractivity contribution in [2.24, 2.45) is 0 Å². The third-order valence-electron chi connectivity index (χ3n) is 9.63. The fourth-order valence-electron chi connectivity index (χ4n) is 7.47. The summed E-state index contributed by atoms with van der Waals surface area (Å²) in [4.78, 5) is 0. The van der Waals surface area contributed by atoms with Crippen molar-refractivity contribution in [1.29, 1.82) is 0 Å². The molecule has 0 spiro atoms. The molecule has 10 rings (SSSR count). The van der Waals surface area contributed by atoms with E-state index in [1.807, 2.05) is 0 Å². The first kappa shape index (κ1) is 23.8. The molecule has 0 bridgehead atoms. The van der Waals surface area contributed by atoms with Crippen LogP contribution in [-0.4, -0.2) is 0 Å². The van der Waals surface area contributed by atoms with Crippen molar-refractivity contribution < 1.29 is 0 Å². The van der Waals surface area contributed by atoms with Crippen molar-refractivity contribution in [3.63, 3.8) is 0 Å². The molecule has 0 atom stereocenters. The van der Waals surface area contributed by atoms with Crippen molar-refractivity contribution in [3.8, 4) is 11.1 Å². The van der Waals surface area contributed by atoms with E-state index in [1.54, 1.807) is 0 Å². The Morgan fingerprint density at radius 3 is 1.32 bits per heavy atom. The van der Waals surface area contributed by atoms with Gasteiger partial charge in [0.25, 0.3) is 0 Å². The van der Waals surface area contributed by atoms with Gasteiger partial charge in [-0.1, -0.05) is 97.1 Å². The average Bonchev–Trinajstić information content (AvgIpc) is 3.07. The summed E-state index contributed by atoms with van der Waals surface area (Å²) in [6.07, 6.45) is 0. The van der Waals surface area contributed by atoms with Gasteiger partial charge in [0.15, 0.2) is 0 Å². The maximum atomic E-state index is 2.40. The molecule has 0 saturated carbocycles. The standard InChI is InChI=1S/C44H26/c1-3-9-29-24-41-33(17-27(29)7-1)14-15-34-20-37-18-31-13-16-35(22-36(31)23-38(37)26-42(34)41)44-40-12-6-5-11-32(40)21-39-19-28-8-2-4-10-30(28)25-43(39)44/h1-26H. The quantitative estimate of drug-likeness (QED) is 0.140. The second kappa shape index (κ2) is 8.89. The summed E-state index contributed by atoms with van der Waals surface area (Å²) in [6, 6.07) is 58.9. The van der Waals surface area contributed by atoms with Gasteiger partial charge in [0.1, 0.15) is 0 Å². The van der Waals surface area contributed by atoms with E-state index < -0.39 is 0 Å². The molecule has 0 aliphatic rings. The molecule has 0 N–H and O–H groups in total. The molecule has 0 amide bonds. The van der Waals surface area contributed by atoms with Crippen LogP contribution in [0.25, 0.3) is 97.3 Å². The number of fused-ring (bicyclic) bond motifs is 9. The van der Waals surface area contributed by atoms with Gasteiger partial charge in [-0.2, -0.15) is 0 Å². The highest BCUT2D eigenvalue weighted by atomic mass is 14.2. The number of rotatable bonds is 1. The Morgan fingerprint density at radius 2 is 0.591 bits per heavy atom. The highest BCUT2D eigenvalue weighted by Gasteiger charge is 2.13. The summed E-state index contributed by atoms with van der Waals surface area (Å²) in [5.74, 6) is 0. The van der Waals surface area contributed by atoms with E-state index in [-0.39, 0.29) is 0 Å². The molecule has 0 nitrogen and oxygen atoms in total. The van der Waals surface area contributed by atoms with E-state index in [1.165, 1.54) is 97.3 Å². The van der Waals surface area contributed by atoms with E-state index in [4.69, 9.17) is 0 Å². The van der Waals surface area contributed by atoms with Crippen LogP contribution in [0.5, 0.6) is 0 Å². The molecule has 0 aliphatic carbocycles.